The molecule has 0 radical (unpaired) electrons. The molecule has 1 unspecified atom stereocenters. The maximum atomic E-state index is 11.7. The summed E-state index contributed by atoms with van der Waals surface area (Å²) in [5, 5.41) is 2.93. The van der Waals surface area contributed by atoms with Crippen LogP contribution in [0.1, 0.15) is 24.5 Å². The number of carbonyl (C=O) groups excluding carboxylic acids is 1. The van der Waals surface area contributed by atoms with Crippen molar-refractivity contribution in [3.8, 4) is 0 Å². The lowest BCUT2D eigenvalue weighted by molar-refractivity contribution is -0.121. The molecule has 0 aliphatic carbocycles. The summed E-state index contributed by atoms with van der Waals surface area (Å²) in [6, 6.07) is 8.09. The number of carbonyl (C=O) groups is 1. The van der Waals surface area contributed by atoms with Crippen LogP contribution >= 0.6 is 11.6 Å². The Bertz CT molecular complexity index is 352. The fraction of sp³-hybridized carbons (Fsp3) is 0.462. The van der Waals surface area contributed by atoms with Crippen molar-refractivity contribution >= 4 is 17.5 Å². The average Bonchev–Trinajstić information content (AvgIpc) is 2.21. The van der Waals surface area contributed by atoms with Crippen LogP contribution in [-0.2, 0) is 11.2 Å². The largest absolute Gasteiger partial charge is 0.353 e. The molecular weight excluding hydrogens is 222 g/mol. The summed E-state index contributed by atoms with van der Waals surface area (Å²) in [6.45, 7) is 3.99. The Morgan fingerprint density at radius 1 is 1.44 bits per heavy atom. The summed E-state index contributed by atoms with van der Waals surface area (Å²) in [4.78, 5) is 11.7. The van der Waals surface area contributed by atoms with Crippen LogP contribution in [0.2, 0.25) is 0 Å². The quantitative estimate of drug-likeness (QED) is 0.787. The number of amides is 1. The molecule has 88 valence electrons. The average molecular weight is 240 g/mol. The van der Waals surface area contributed by atoms with E-state index in [4.69, 9.17) is 11.6 Å². The molecule has 0 fully saturated rings. The van der Waals surface area contributed by atoms with Crippen molar-refractivity contribution < 1.29 is 4.79 Å². The first-order valence-corrected chi connectivity index (χ1v) is 6.06. The van der Waals surface area contributed by atoms with Crippen LogP contribution in [0.4, 0.5) is 0 Å². The van der Waals surface area contributed by atoms with Crippen LogP contribution in [0.3, 0.4) is 0 Å². The van der Waals surface area contributed by atoms with Gasteiger partial charge < -0.3 is 5.32 Å². The Balaban J connectivity index is 2.49. The molecule has 1 rings (SSSR count). The van der Waals surface area contributed by atoms with E-state index in [0.29, 0.717) is 12.3 Å². The van der Waals surface area contributed by atoms with Crippen LogP contribution in [0.5, 0.6) is 0 Å². The zero-order valence-corrected chi connectivity index (χ0v) is 10.6. The monoisotopic (exact) mass is 239 g/mol. The molecule has 0 heterocycles. The van der Waals surface area contributed by atoms with E-state index in [1.807, 2.05) is 38.1 Å². The Morgan fingerprint density at radius 3 is 2.75 bits per heavy atom. The van der Waals surface area contributed by atoms with Crippen LogP contribution in [0.25, 0.3) is 0 Å². The molecule has 0 bridgehead atoms. The minimum Gasteiger partial charge on any atom is -0.353 e. The molecule has 16 heavy (non-hydrogen) atoms. The van der Waals surface area contributed by atoms with Gasteiger partial charge in [0.05, 0.1) is 6.42 Å². The number of aryl methyl sites for hydroxylation is 1. The zero-order valence-electron chi connectivity index (χ0n) is 9.79. The van der Waals surface area contributed by atoms with Crippen molar-refractivity contribution in [3.05, 3.63) is 35.4 Å². The van der Waals surface area contributed by atoms with Crippen molar-refractivity contribution in [2.75, 3.05) is 5.88 Å². The molecular formula is C13H18ClNO. The van der Waals surface area contributed by atoms with Crippen molar-refractivity contribution in [2.24, 2.45) is 0 Å². The lowest BCUT2D eigenvalue weighted by Gasteiger charge is -2.12. The zero-order chi connectivity index (χ0) is 12.0. The predicted octanol–water partition coefficient (Wildman–Crippen LogP) is 2.67. The Kier molecular flexibility index (Phi) is 5.33. The summed E-state index contributed by atoms with van der Waals surface area (Å²) in [6.07, 6.45) is 1.25. The molecule has 1 N–H and O–H groups in total. The molecule has 0 aromatic heterocycles. The molecule has 1 atom stereocenters. The molecule has 0 saturated heterocycles. The SMILES string of the molecule is Cc1ccccc1CC(=O)NC(C)CCCl. The Morgan fingerprint density at radius 2 is 2.12 bits per heavy atom. The number of rotatable bonds is 5. The lowest BCUT2D eigenvalue weighted by Crippen LogP contribution is -2.34. The number of hydrogen-bond acceptors (Lipinski definition) is 1. The summed E-state index contributed by atoms with van der Waals surface area (Å²) in [5.74, 6) is 0.637. The van der Waals surface area contributed by atoms with Gasteiger partial charge >= 0.3 is 0 Å². The highest BCUT2D eigenvalue weighted by molar-refractivity contribution is 6.17. The van der Waals surface area contributed by atoms with Crippen LogP contribution < -0.4 is 5.32 Å². The molecule has 0 spiro atoms. The van der Waals surface area contributed by atoms with E-state index in [-0.39, 0.29) is 11.9 Å². The first-order valence-electron chi connectivity index (χ1n) is 5.53. The van der Waals surface area contributed by atoms with Gasteiger partial charge in [-0.3, -0.25) is 4.79 Å². The van der Waals surface area contributed by atoms with E-state index in [0.717, 1.165) is 17.5 Å². The van der Waals surface area contributed by atoms with Crippen molar-refractivity contribution in [3.63, 3.8) is 0 Å². The summed E-state index contributed by atoms with van der Waals surface area (Å²) >= 11 is 5.61. The summed E-state index contributed by atoms with van der Waals surface area (Å²) in [5.41, 5.74) is 2.24. The van der Waals surface area contributed by atoms with Gasteiger partial charge in [0.15, 0.2) is 0 Å². The van der Waals surface area contributed by atoms with Gasteiger partial charge in [0.1, 0.15) is 0 Å². The number of hydrogen-bond donors (Lipinski definition) is 1. The molecule has 1 aromatic rings. The summed E-state index contributed by atoms with van der Waals surface area (Å²) in [7, 11) is 0. The molecule has 1 aromatic carbocycles. The van der Waals surface area contributed by atoms with Crippen LogP contribution in [-0.4, -0.2) is 17.8 Å². The molecule has 0 saturated carbocycles. The minimum absolute atomic E-state index is 0.0620. The summed E-state index contributed by atoms with van der Waals surface area (Å²) < 4.78 is 0. The minimum atomic E-state index is 0.0620. The first-order chi connectivity index (χ1) is 7.63. The second-order valence-electron chi connectivity index (χ2n) is 4.05. The molecule has 0 aliphatic heterocycles. The van der Waals surface area contributed by atoms with E-state index in [9.17, 15) is 4.79 Å². The standard InChI is InChI=1S/C13H18ClNO/c1-10-5-3-4-6-12(10)9-13(16)15-11(2)7-8-14/h3-6,11H,7-9H2,1-2H3,(H,15,16). The van der Waals surface area contributed by atoms with Crippen LogP contribution in [0.15, 0.2) is 24.3 Å². The second-order valence-corrected chi connectivity index (χ2v) is 4.43. The number of benzene rings is 1. The number of halogens is 1. The topological polar surface area (TPSA) is 29.1 Å². The normalized spacial score (nSPS) is 12.2. The fourth-order valence-corrected chi connectivity index (χ4v) is 1.87. The Hall–Kier alpha value is -1.02. The number of nitrogens with one attached hydrogen (secondary N) is 1. The third-order valence-electron chi connectivity index (χ3n) is 2.56. The second kappa shape index (κ2) is 6.54. The van der Waals surface area contributed by atoms with E-state index in [1.54, 1.807) is 0 Å². The third kappa shape index (κ3) is 4.23. The van der Waals surface area contributed by atoms with Gasteiger partial charge in [0.2, 0.25) is 5.91 Å². The maximum Gasteiger partial charge on any atom is 0.224 e. The highest BCUT2D eigenvalue weighted by atomic mass is 35.5. The van der Waals surface area contributed by atoms with Crippen molar-refractivity contribution in [1.82, 2.24) is 5.32 Å². The van der Waals surface area contributed by atoms with Crippen molar-refractivity contribution in [2.45, 2.75) is 32.7 Å². The smallest absolute Gasteiger partial charge is 0.224 e. The highest BCUT2D eigenvalue weighted by Crippen LogP contribution is 2.07. The fourth-order valence-electron chi connectivity index (χ4n) is 1.54. The molecule has 2 nitrogen and oxygen atoms in total. The van der Waals surface area contributed by atoms with Gasteiger partial charge in [0, 0.05) is 11.9 Å². The highest BCUT2D eigenvalue weighted by Gasteiger charge is 2.08. The van der Waals surface area contributed by atoms with E-state index >= 15 is 0 Å². The van der Waals surface area contributed by atoms with Gasteiger partial charge in [-0.25, -0.2) is 0 Å². The van der Waals surface area contributed by atoms with E-state index in [2.05, 4.69) is 5.32 Å². The van der Waals surface area contributed by atoms with Crippen molar-refractivity contribution in [1.29, 1.82) is 0 Å². The van der Waals surface area contributed by atoms with E-state index in [1.165, 1.54) is 0 Å². The maximum absolute atomic E-state index is 11.7. The lowest BCUT2D eigenvalue weighted by atomic mass is 10.1. The van der Waals surface area contributed by atoms with E-state index < -0.39 is 0 Å². The molecule has 3 heteroatoms. The van der Waals surface area contributed by atoms with Gasteiger partial charge in [0.25, 0.3) is 0 Å². The van der Waals surface area contributed by atoms with Gasteiger partial charge in [-0.2, -0.15) is 0 Å². The van der Waals surface area contributed by atoms with Gasteiger partial charge in [-0.15, -0.1) is 11.6 Å². The predicted molar refractivity (Wildman–Crippen MR) is 67.8 cm³/mol. The number of alkyl halides is 1. The molecule has 0 aliphatic rings. The van der Waals surface area contributed by atoms with Gasteiger partial charge in [-0.1, -0.05) is 24.3 Å². The van der Waals surface area contributed by atoms with Gasteiger partial charge in [-0.05, 0) is 31.4 Å². The molecule has 1 amide bonds. The third-order valence-corrected chi connectivity index (χ3v) is 2.78. The first kappa shape index (κ1) is 13.0. The van der Waals surface area contributed by atoms with Crippen LogP contribution in [0, 0.1) is 6.92 Å². The Labute approximate surface area is 102 Å².